The molecule has 12 nitrogen and oxygen atoms in total. The molecule has 8 aliphatic carbocycles. The molecule has 0 amide bonds. The molecule has 0 aliphatic heterocycles. The lowest BCUT2D eigenvalue weighted by atomic mass is 9.49. The molecule has 4 N–H and O–H groups in total. The second-order valence-corrected chi connectivity index (χ2v) is 44.7. The van der Waals surface area contributed by atoms with Crippen LogP contribution in [-0.4, -0.2) is 61.1 Å². The van der Waals surface area contributed by atoms with E-state index in [0.29, 0.717) is 36.3 Å². The van der Waals surface area contributed by atoms with Crippen molar-refractivity contribution in [3.05, 3.63) is 424 Å². The number of benzene rings is 14. The van der Waals surface area contributed by atoms with Crippen LogP contribution in [0.5, 0.6) is 0 Å². The van der Waals surface area contributed by atoms with Gasteiger partial charge in [0, 0.05) is 49.6 Å². The number of carbonyl (C=O) groups is 4. The standard InChI is InChI=1S/4C18H15S.C15H12O3.C14H24O3.C12H18O3.C8H14O3/c4*1-4-10-16(11-5-1)19(17-12-6-2-7-13-17)18-14-8-3-9-15-18;16-14(17)9-15(18)12-7-3-1-5-10(12)11-6-2-4-8-13(11)15;15-13(16)10-14(17)9-5-4-8-12(14)11-6-2-1-3-7-11;13-11(14)6-12(15)9-2-7-1-8(4-9)5-10(12)3-7;9-7(10)6-8(11)4-2-1-3-5-8/h4*1-15H;1-8,18H,9H2,(H,16,17);11-12,17H,1-10H2,(H,15,16);7-10,15H,1-6H2,(H,13,14);11H,1-6H2,(H,9,10)/q4*+1;;;;/p-4. The Labute approximate surface area is 820 Å². The third-order valence-corrected chi connectivity index (χ3v) is 36.1. The molecule has 14 aromatic carbocycles. The predicted octanol–water partition coefficient (Wildman–Crippen LogP) is 21.9. The summed E-state index contributed by atoms with van der Waals surface area (Å²) < 4.78 is 0. The van der Waals surface area contributed by atoms with Crippen LogP contribution < -0.4 is 20.4 Å². The number of fused-ring (bicyclic) bond motifs is 3. The van der Waals surface area contributed by atoms with E-state index in [4.69, 9.17) is 0 Å². The van der Waals surface area contributed by atoms with Crippen molar-refractivity contribution in [3.63, 3.8) is 0 Å². The normalized spacial score (nSPS) is 19.8. The summed E-state index contributed by atoms with van der Waals surface area (Å²) in [6.07, 6.45) is 18.5. The summed E-state index contributed by atoms with van der Waals surface area (Å²) in [5, 5.41) is 84.2. The van der Waals surface area contributed by atoms with Gasteiger partial charge >= 0.3 is 0 Å². The second-order valence-electron chi connectivity index (χ2n) is 36.6. The minimum absolute atomic E-state index is 0.0146. The Balaban J connectivity index is 0.000000126. The SMILES string of the molecule is O=C([O-])CC1(O)C2CC3CC(C2)CC1C3.O=C([O-])CC1(O)CCCCC1.O=C([O-])CC1(O)CCCCC1C1CCCCC1.O=C([O-])CC1(O)c2ccccc2-c2ccccc21.c1ccc([S+](c2ccccc2)c2ccccc2)cc1.c1ccc([S+](c2ccccc2)c2ccccc2)cc1.c1ccc([S+](c2ccccc2)c2ccccc2)cc1.c1ccc([S+](c2ccccc2)c2ccccc2)cc1. The Morgan fingerprint density at radius 3 is 0.730 bits per heavy atom. The number of carboxylic acids is 4. The van der Waals surface area contributed by atoms with Gasteiger partial charge in [-0.25, -0.2) is 0 Å². The minimum Gasteiger partial charge on any atom is -0.550 e. The summed E-state index contributed by atoms with van der Waals surface area (Å²) in [4.78, 5) is 59.0. The summed E-state index contributed by atoms with van der Waals surface area (Å²) in [5.74, 6) is -1.90. The Morgan fingerprint density at radius 1 is 0.248 bits per heavy atom. The average Bonchev–Trinajstić information content (AvgIpc) is 1.41. The van der Waals surface area contributed by atoms with E-state index in [-0.39, 0.29) is 80.6 Å². The highest BCUT2D eigenvalue weighted by molar-refractivity contribution is 7.98. The third-order valence-electron chi connectivity index (χ3n) is 27.2. The third kappa shape index (κ3) is 27.8. The van der Waals surface area contributed by atoms with Gasteiger partial charge in [-0.15, -0.1) is 0 Å². The van der Waals surface area contributed by atoms with E-state index in [2.05, 4.69) is 364 Å². The van der Waals surface area contributed by atoms with Crippen molar-refractivity contribution in [3.8, 4) is 11.1 Å². The maximum absolute atomic E-state index is 10.9. The number of aliphatic hydroxyl groups is 4. The van der Waals surface area contributed by atoms with E-state index in [1.807, 2.05) is 24.3 Å². The lowest BCUT2D eigenvalue weighted by Crippen LogP contribution is -2.59. The van der Waals surface area contributed by atoms with E-state index in [1.54, 1.807) is 24.3 Å². The maximum Gasteiger partial charge on any atom is 0.166 e. The molecular weight excluding hydrogens is 1770 g/mol. The smallest absolute Gasteiger partial charge is 0.166 e. The van der Waals surface area contributed by atoms with Crippen molar-refractivity contribution in [2.24, 2.45) is 35.5 Å². The fourth-order valence-electron chi connectivity index (χ4n) is 21.1. The van der Waals surface area contributed by atoms with Gasteiger partial charge in [-0.05, 0) is 261 Å². The van der Waals surface area contributed by atoms with Crippen LogP contribution in [0, 0.1) is 35.5 Å². The van der Waals surface area contributed by atoms with Gasteiger partial charge in [0.05, 0.1) is 60.4 Å². The molecular formula is C121H124O12S4. The zero-order valence-corrected chi connectivity index (χ0v) is 80.9. The van der Waals surface area contributed by atoms with Crippen LogP contribution in [0.4, 0.5) is 0 Å². The first-order valence-corrected chi connectivity index (χ1v) is 53.1. The molecule has 0 saturated heterocycles. The zero-order valence-electron chi connectivity index (χ0n) is 77.7. The van der Waals surface area contributed by atoms with Gasteiger partial charge in [0.25, 0.3) is 0 Å². The van der Waals surface area contributed by atoms with Crippen molar-refractivity contribution in [1.29, 1.82) is 0 Å². The van der Waals surface area contributed by atoms with Crippen molar-refractivity contribution in [2.45, 2.75) is 229 Å². The quantitative estimate of drug-likeness (QED) is 0.0491. The van der Waals surface area contributed by atoms with Crippen molar-refractivity contribution in [1.82, 2.24) is 0 Å². The Morgan fingerprint density at radius 2 is 0.474 bits per heavy atom. The number of hydrogen-bond acceptors (Lipinski definition) is 12. The maximum atomic E-state index is 10.9. The lowest BCUT2D eigenvalue weighted by Gasteiger charge is -2.59. The number of aliphatic carboxylic acids is 4. The van der Waals surface area contributed by atoms with Crippen LogP contribution in [0.2, 0.25) is 0 Å². The molecule has 0 spiro atoms. The number of carboxylic acid groups (broad SMARTS) is 4. The second kappa shape index (κ2) is 50.5. The van der Waals surface area contributed by atoms with Gasteiger partial charge in [-0.1, -0.05) is 331 Å². The van der Waals surface area contributed by atoms with Gasteiger partial charge in [0.2, 0.25) is 0 Å². The highest BCUT2D eigenvalue weighted by Crippen LogP contribution is 2.59. The molecule has 4 bridgehead atoms. The van der Waals surface area contributed by atoms with Crippen LogP contribution in [0.3, 0.4) is 0 Å². The molecule has 137 heavy (non-hydrogen) atoms. The summed E-state index contributed by atoms with van der Waals surface area (Å²) in [7, 11) is -0.0585. The first-order chi connectivity index (χ1) is 66.7. The molecule has 7 saturated carbocycles. The molecule has 16 heteroatoms. The van der Waals surface area contributed by atoms with Gasteiger partial charge in [0.15, 0.2) is 58.7 Å². The molecule has 0 aromatic heterocycles. The van der Waals surface area contributed by atoms with E-state index in [9.17, 15) is 60.0 Å². The predicted molar refractivity (Wildman–Crippen MR) is 543 cm³/mol. The van der Waals surface area contributed by atoms with E-state index in [1.165, 1.54) is 97.3 Å². The average molecular weight is 1900 g/mol. The monoisotopic (exact) mass is 1900 g/mol. The Bertz CT molecular complexity index is 5050. The summed E-state index contributed by atoms with van der Waals surface area (Å²) in [6, 6.07) is 143. The summed E-state index contributed by atoms with van der Waals surface area (Å²) in [6.45, 7) is 0. The van der Waals surface area contributed by atoms with Gasteiger partial charge in [-0.2, -0.15) is 0 Å². The van der Waals surface area contributed by atoms with Crippen LogP contribution in [-0.2, 0) is 68.4 Å². The van der Waals surface area contributed by atoms with Crippen LogP contribution in [0.1, 0.15) is 159 Å². The molecule has 2 atom stereocenters. The van der Waals surface area contributed by atoms with Crippen LogP contribution in [0.15, 0.2) is 471 Å². The van der Waals surface area contributed by atoms with Gasteiger partial charge in [-0.3, -0.25) is 0 Å². The first-order valence-electron chi connectivity index (χ1n) is 48.2. The zero-order chi connectivity index (χ0) is 95.7. The minimum atomic E-state index is -1.48. The number of hydrogen-bond donors (Lipinski definition) is 4. The summed E-state index contributed by atoms with van der Waals surface area (Å²) >= 11 is 0. The molecule has 22 rings (SSSR count). The molecule has 704 valence electrons. The molecule has 7 fully saturated rings. The van der Waals surface area contributed by atoms with Crippen molar-refractivity contribution >= 4 is 67.5 Å². The fraction of sp³-hybridized carbons (Fsp3) is 0.273. The largest absolute Gasteiger partial charge is 0.550 e. The van der Waals surface area contributed by atoms with Crippen LogP contribution in [0.25, 0.3) is 11.1 Å². The molecule has 0 heterocycles. The van der Waals surface area contributed by atoms with E-state index in [0.717, 1.165) is 87.2 Å². The Hall–Kier alpha value is -11.8. The van der Waals surface area contributed by atoms with Gasteiger partial charge in [0.1, 0.15) is 5.60 Å². The summed E-state index contributed by atoms with van der Waals surface area (Å²) in [5.41, 5.74) is -1.33. The van der Waals surface area contributed by atoms with E-state index < -0.39 is 52.7 Å². The number of carbonyl (C=O) groups excluding carboxylic acids is 4. The number of rotatable bonds is 21. The first kappa shape index (κ1) is 101. The van der Waals surface area contributed by atoms with Crippen molar-refractivity contribution in [2.75, 3.05) is 0 Å². The van der Waals surface area contributed by atoms with Crippen LogP contribution >= 0.6 is 0 Å². The highest BCUT2D eigenvalue weighted by atomic mass is 32.2. The molecule has 14 aromatic rings. The van der Waals surface area contributed by atoms with Crippen molar-refractivity contribution < 1.29 is 60.0 Å². The Kier molecular flexibility index (Phi) is 37.3. The molecule has 0 radical (unpaired) electrons. The lowest BCUT2D eigenvalue weighted by molar-refractivity contribution is -0.315. The fourth-order valence-corrected chi connectivity index (χ4v) is 29.5. The molecule has 8 aliphatic rings. The molecule has 2 unspecified atom stereocenters. The highest BCUT2D eigenvalue weighted by Gasteiger charge is 2.56. The topological polar surface area (TPSA) is 241 Å². The van der Waals surface area contributed by atoms with Gasteiger partial charge < -0.3 is 60.0 Å². The van der Waals surface area contributed by atoms with E-state index >= 15 is 0 Å².